The van der Waals surface area contributed by atoms with Crippen LogP contribution in [0.15, 0.2) is 48.5 Å². The van der Waals surface area contributed by atoms with Crippen LogP contribution in [0, 0.1) is 0 Å². The fraction of sp³-hybridized carbons (Fsp3) is 0.375. The van der Waals surface area contributed by atoms with E-state index in [1.165, 1.54) is 12.0 Å². The number of nitrogens with zero attached hydrogens (tertiary/aromatic N) is 3. The van der Waals surface area contributed by atoms with Gasteiger partial charge in [-0.15, -0.1) is 0 Å². The van der Waals surface area contributed by atoms with E-state index in [2.05, 4.69) is 4.90 Å². The molecule has 0 radical (unpaired) electrons. The van der Waals surface area contributed by atoms with Crippen LogP contribution in [0.4, 0.5) is 5.69 Å². The summed E-state index contributed by atoms with van der Waals surface area (Å²) < 4.78 is 10.7. The minimum absolute atomic E-state index is 0.0692. The molecular weight excluding hydrogens is 446 g/mol. The molecule has 2 aliphatic rings. The van der Waals surface area contributed by atoms with E-state index in [4.69, 9.17) is 21.1 Å². The van der Waals surface area contributed by atoms with Crippen molar-refractivity contribution < 1.29 is 23.9 Å². The van der Waals surface area contributed by atoms with Crippen molar-refractivity contribution in [3.05, 3.63) is 59.1 Å². The lowest BCUT2D eigenvalue weighted by molar-refractivity contribution is -0.122. The summed E-state index contributed by atoms with van der Waals surface area (Å²) in [6, 6.07) is 12.4. The summed E-state index contributed by atoms with van der Waals surface area (Å²) in [5.41, 5.74) is 0.848. The molecule has 1 unspecified atom stereocenters. The maximum Gasteiger partial charge on any atom is 0.257 e. The van der Waals surface area contributed by atoms with Crippen molar-refractivity contribution in [1.82, 2.24) is 9.80 Å². The van der Waals surface area contributed by atoms with Gasteiger partial charge in [0.25, 0.3) is 11.8 Å². The summed E-state index contributed by atoms with van der Waals surface area (Å²) in [5, 5.41) is 0.509. The first-order chi connectivity index (χ1) is 16.0. The van der Waals surface area contributed by atoms with E-state index in [9.17, 15) is 14.4 Å². The van der Waals surface area contributed by atoms with E-state index >= 15 is 0 Å². The first kappa shape index (κ1) is 23.2. The Balaban J connectivity index is 1.60. The van der Waals surface area contributed by atoms with Crippen LogP contribution in [0.25, 0.3) is 0 Å². The van der Waals surface area contributed by atoms with Crippen LogP contribution in [0.5, 0.6) is 5.75 Å². The smallest absolute Gasteiger partial charge is 0.257 e. The van der Waals surface area contributed by atoms with Crippen molar-refractivity contribution in [1.29, 1.82) is 0 Å². The molecule has 33 heavy (non-hydrogen) atoms. The summed E-state index contributed by atoms with van der Waals surface area (Å²) in [7, 11) is 1.53. The standard InChI is InChI=1S/C24H26ClN3O5/c1-32-20-4-2-3-17(15-20)23(30)27(10-9-26-11-13-33-14-12-26)21-16-22(29)28(24(21)31)19-7-5-18(25)6-8-19/h2-8,15,21H,9-14,16H2,1H3. The molecule has 3 amide bonds. The van der Waals surface area contributed by atoms with Gasteiger partial charge in [-0.25, -0.2) is 4.90 Å². The normalized spacial score (nSPS) is 19.1. The molecular formula is C24H26ClN3O5. The Morgan fingerprint density at radius 2 is 1.88 bits per heavy atom. The van der Waals surface area contributed by atoms with Gasteiger partial charge in [0.2, 0.25) is 5.91 Å². The first-order valence-electron chi connectivity index (χ1n) is 10.9. The molecule has 0 aromatic heterocycles. The molecule has 0 bridgehead atoms. The minimum atomic E-state index is -0.882. The largest absolute Gasteiger partial charge is 0.497 e. The highest BCUT2D eigenvalue weighted by Gasteiger charge is 2.44. The van der Waals surface area contributed by atoms with Crippen LogP contribution in [-0.2, 0) is 14.3 Å². The van der Waals surface area contributed by atoms with Crippen molar-refractivity contribution in [2.45, 2.75) is 12.5 Å². The third-order valence-electron chi connectivity index (χ3n) is 5.92. The third-order valence-corrected chi connectivity index (χ3v) is 6.17. The lowest BCUT2D eigenvalue weighted by Gasteiger charge is -2.32. The summed E-state index contributed by atoms with van der Waals surface area (Å²) >= 11 is 5.95. The van der Waals surface area contributed by atoms with Crippen LogP contribution in [0.1, 0.15) is 16.8 Å². The van der Waals surface area contributed by atoms with Gasteiger partial charge in [-0.3, -0.25) is 19.3 Å². The van der Waals surface area contributed by atoms with E-state index in [1.54, 1.807) is 48.5 Å². The number of hydrogen-bond donors (Lipinski definition) is 0. The zero-order valence-electron chi connectivity index (χ0n) is 18.4. The van der Waals surface area contributed by atoms with E-state index < -0.39 is 11.9 Å². The number of methoxy groups -OCH3 is 1. The molecule has 0 spiro atoms. The second kappa shape index (κ2) is 10.3. The van der Waals surface area contributed by atoms with E-state index in [1.807, 2.05) is 0 Å². The van der Waals surface area contributed by atoms with Gasteiger partial charge in [-0.2, -0.15) is 0 Å². The second-order valence-corrected chi connectivity index (χ2v) is 8.38. The molecule has 1 atom stereocenters. The third kappa shape index (κ3) is 5.19. The Kier molecular flexibility index (Phi) is 7.27. The van der Waals surface area contributed by atoms with Gasteiger partial charge < -0.3 is 14.4 Å². The number of morpholine rings is 1. The molecule has 2 aromatic carbocycles. The van der Waals surface area contributed by atoms with E-state index in [0.717, 1.165) is 18.0 Å². The second-order valence-electron chi connectivity index (χ2n) is 7.95. The van der Waals surface area contributed by atoms with Gasteiger partial charge in [0.1, 0.15) is 11.8 Å². The van der Waals surface area contributed by atoms with Crippen molar-refractivity contribution in [3.63, 3.8) is 0 Å². The number of hydrogen-bond acceptors (Lipinski definition) is 6. The number of ether oxygens (including phenoxy) is 2. The van der Waals surface area contributed by atoms with Crippen LogP contribution in [0.2, 0.25) is 5.02 Å². The number of rotatable bonds is 7. The summed E-state index contributed by atoms with van der Waals surface area (Å²) in [5.74, 6) is -0.528. The Labute approximate surface area is 197 Å². The molecule has 2 saturated heterocycles. The molecule has 4 rings (SSSR count). The highest BCUT2D eigenvalue weighted by atomic mass is 35.5. The number of anilines is 1. The molecule has 0 aliphatic carbocycles. The van der Waals surface area contributed by atoms with Crippen LogP contribution in [0.3, 0.4) is 0 Å². The summed E-state index contributed by atoms with van der Waals surface area (Å²) in [6.07, 6.45) is -0.0692. The topological polar surface area (TPSA) is 79.4 Å². The molecule has 2 aliphatic heterocycles. The average Bonchev–Trinajstić information content (AvgIpc) is 3.14. The zero-order chi connectivity index (χ0) is 23.4. The van der Waals surface area contributed by atoms with Gasteiger partial charge in [-0.1, -0.05) is 17.7 Å². The van der Waals surface area contributed by atoms with Crippen molar-refractivity contribution in [3.8, 4) is 5.75 Å². The number of carbonyl (C=O) groups excluding carboxylic acids is 3. The molecule has 8 nitrogen and oxygen atoms in total. The number of imide groups is 1. The summed E-state index contributed by atoms with van der Waals surface area (Å²) in [6.45, 7) is 3.68. The van der Waals surface area contributed by atoms with Gasteiger partial charge in [0, 0.05) is 36.8 Å². The predicted molar refractivity (Wildman–Crippen MR) is 124 cm³/mol. The lowest BCUT2D eigenvalue weighted by atomic mass is 10.1. The Hall–Kier alpha value is -2.94. The highest BCUT2D eigenvalue weighted by Crippen LogP contribution is 2.28. The molecule has 0 N–H and O–H groups in total. The van der Waals surface area contributed by atoms with Crippen molar-refractivity contribution in [2.24, 2.45) is 0 Å². The van der Waals surface area contributed by atoms with Crippen molar-refractivity contribution in [2.75, 3.05) is 51.4 Å². The van der Waals surface area contributed by atoms with Gasteiger partial charge >= 0.3 is 0 Å². The molecule has 2 aromatic rings. The average molecular weight is 472 g/mol. The SMILES string of the molecule is COc1cccc(C(=O)N(CCN2CCOCC2)C2CC(=O)N(c3ccc(Cl)cc3)C2=O)c1. The van der Waals surface area contributed by atoms with Crippen LogP contribution < -0.4 is 9.64 Å². The molecule has 2 heterocycles. The van der Waals surface area contributed by atoms with Gasteiger partial charge in [0.15, 0.2) is 0 Å². The van der Waals surface area contributed by atoms with Crippen LogP contribution in [-0.4, -0.2) is 80.1 Å². The predicted octanol–water partition coefficient (Wildman–Crippen LogP) is 2.46. The first-order valence-corrected chi connectivity index (χ1v) is 11.2. The van der Waals surface area contributed by atoms with E-state index in [-0.39, 0.29) is 18.2 Å². The zero-order valence-corrected chi connectivity index (χ0v) is 19.2. The molecule has 9 heteroatoms. The number of halogens is 1. The summed E-state index contributed by atoms with van der Waals surface area (Å²) in [4.78, 5) is 44.6. The monoisotopic (exact) mass is 471 g/mol. The molecule has 0 saturated carbocycles. The Morgan fingerprint density at radius 3 is 2.58 bits per heavy atom. The number of carbonyl (C=O) groups is 3. The van der Waals surface area contributed by atoms with Crippen LogP contribution >= 0.6 is 11.6 Å². The highest BCUT2D eigenvalue weighted by molar-refractivity contribution is 6.31. The van der Waals surface area contributed by atoms with Gasteiger partial charge in [-0.05, 0) is 42.5 Å². The number of amides is 3. The minimum Gasteiger partial charge on any atom is -0.497 e. The Bertz CT molecular complexity index is 1020. The van der Waals surface area contributed by atoms with E-state index in [0.29, 0.717) is 48.3 Å². The fourth-order valence-electron chi connectivity index (χ4n) is 4.12. The fourth-order valence-corrected chi connectivity index (χ4v) is 4.24. The maximum atomic E-state index is 13.5. The molecule has 2 fully saturated rings. The number of benzene rings is 2. The maximum absolute atomic E-state index is 13.5. The molecule has 174 valence electrons. The van der Waals surface area contributed by atoms with Gasteiger partial charge in [0.05, 0.1) is 32.4 Å². The van der Waals surface area contributed by atoms with Crippen molar-refractivity contribution >= 4 is 35.0 Å². The quantitative estimate of drug-likeness (QED) is 0.577. The lowest BCUT2D eigenvalue weighted by Crippen LogP contribution is -2.49. The Morgan fingerprint density at radius 1 is 1.15 bits per heavy atom.